The second-order valence-electron chi connectivity index (χ2n) is 6.40. The minimum atomic E-state index is 0.475. The lowest BCUT2D eigenvalue weighted by Crippen LogP contribution is -2.30. The van der Waals surface area contributed by atoms with Crippen LogP contribution in [0, 0.1) is 5.92 Å². The Hall–Kier alpha value is -0.610. The van der Waals surface area contributed by atoms with Gasteiger partial charge in [-0.05, 0) is 45.1 Å². The predicted molar refractivity (Wildman–Crippen MR) is 88.8 cm³/mol. The zero-order chi connectivity index (χ0) is 14.7. The molecule has 0 saturated carbocycles. The Bertz CT molecular complexity index is 427. The summed E-state index contributed by atoms with van der Waals surface area (Å²) in [6.07, 6.45) is 4.95. The van der Waals surface area contributed by atoms with Gasteiger partial charge in [0.2, 0.25) is 0 Å². The van der Waals surface area contributed by atoms with E-state index in [1.165, 1.54) is 41.4 Å². The Morgan fingerprint density at radius 2 is 2.15 bits per heavy atom. The monoisotopic (exact) mass is 295 g/mol. The van der Waals surface area contributed by atoms with Gasteiger partial charge in [0.1, 0.15) is 0 Å². The molecular weight excluding hydrogens is 266 g/mol. The first-order valence-corrected chi connectivity index (χ1v) is 8.80. The van der Waals surface area contributed by atoms with Crippen molar-refractivity contribution < 1.29 is 0 Å². The maximum Gasteiger partial charge on any atom is 0.185 e. The van der Waals surface area contributed by atoms with Gasteiger partial charge in [0, 0.05) is 18.0 Å². The van der Waals surface area contributed by atoms with Crippen LogP contribution in [-0.2, 0) is 6.42 Å². The molecule has 1 aliphatic carbocycles. The summed E-state index contributed by atoms with van der Waals surface area (Å²) in [5.41, 5.74) is 1.32. The molecule has 114 valence electrons. The third-order valence-corrected chi connectivity index (χ3v) is 5.39. The zero-order valence-electron chi connectivity index (χ0n) is 13.6. The van der Waals surface area contributed by atoms with Crippen LogP contribution in [0.25, 0.3) is 0 Å². The van der Waals surface area contributed by atoms with E-state index in [4.69, 9.17) is 4.98 Å². The lowest BCUT2D eigenvalue weighted by Gasteiger charge is -2.25. The molecule has 0 aliphatic heterocycles. The summed E-state index contributed by atoms with van der Waals surface area (Å²) in [5, 5.41) is 4.78. The molecule has 4 heteroatoms. The molecule has 1 aliphatic rings. The van der Waals surface area contributed by atoms with E-state index in [0.717, 1.165) is 12.5 Å². The van der Waals surface area contributed by atoms with Crippen molar-refractivity contribution in [3.8, 4) is 0 Å². The number of fused-ring (bicyclic) bond motifs is 1. The molecule has 1 N–H and O–H groups in total. The van der Waals surface area contributed by atoms with Gasteiger partial charge in [0.05, 0.1) is 11.7 Å². The smallest absolute Gasteiger partial charge is 0.185 e. The fraction of sp³-hybridized carbons (Fsp3) is 0.812. The van der Waals surface area contributed by atoms with Gasteiger partial charge in [-0.1, -0.05) is 20.8 Å². The number of anilines is 1. The van der Waals surface area contributed by atoms with E-state index in [9.17, 15) is 0 Å². The van der Waals surface area contributed by atoms with E-state index in [-0.39, 0.29) is 0 Å². The van der Waals surface area contributed by atoms with E-state index in [2.05, 4.69) is 45.0 Å². The van der Waals surface area contributed by atoms with Crippen molar-refractivity contribution in [2.75, 3.05) is 18.5 Å². The quantitative estimate of drug-likeness (QED) is 0.860. The zero-order valence-corrected chi connectivity index (χ0v) is 14.4. The first kappa shape index (κ1) is 15.8. The molecule has 0 saturated heterocycles. The van der Waals surface area contributed by atoms with Gasteiger partial charge in [-0.15, -0.1) is 11.3 Å². The van der Waals surface area contributed by atoms with Crippen molar-refractivity contribution in [1.82, 2.24) is 10.3 Å². The second kappa shape index (κ2) is 6.90. The van der Waals surface area contributed by atoms with Crippen LogP contribution in [0.15, 0.2) is 0 Å². The Labute approximate surface area is 127 Å². The summed E-state index contributed by atoms with van der Waals surface area (Å²) in [4.78, 5) is 8.83. The average molecular weight is 295 g/mol. The molecule has 3 nitrogen and oxygen atoms in total. The third-order valence-electron chi connectivity index (χ3n) is 4.17. The van der Waals surface area contributed by atoms with Crippen molar-refractivity contribution in [3.63, 3.8) is 0 Å². The lowest BCUT2D eigenvalue weighted by atomic mass is 9.98. The van der Waals surface area contributed by atoms with Gasteiger partial charge in [0.15, 0.2) is 5.13 Å². The third kappa shape index (κ3) is 3.53. The van der Waals surface area contributed by atoms with E-state index in [1.54, 1.807) is 0 Å². The number of rotatable bonds is 6. The Morgan fingerprint density at radius 1 is 1.40 bits per heavy atom. The van der Waals surface area contributed by atoms with Crippen LogP contribution in [-0.4, -0.2) is 24.6 Å². The van der Waals surface area contributed by atoms with Gasteiger partial charge in [-0.3, -0.25) is 0 Å². The summed E-state index contributed by atoms with van der Waals surface area (Å²) in [7, 11) is 2.19. The van der Waals surface area contributed by atoms with Crippen molar-refractivity contribution >= 4 is 16.5 Å². The van der Waals surface area contributed by atoms with Gasteiger partial charge in [-0.2, -0.15) is 0 Å². The van der Waals surface area contributed by atoms with Gasteiger partial charge >= 0.3 is 0 Å². The molecule has 0 radical (unpaired) electrons. The van der Waals surface area contributed by atoms with Crippen molar-refractivity contribution in [3.05, 3.63) is 10.6 Å². The van der Waals surface area contributed by atoms with E-state index in [0.29, 0.717) is 12.1 Å². The lowest BCUT2D eigenvalue weighted by molar-refractivity contribution is 0.464. The Morgan fingerprint density at radius 3 is 2.80 bits per heavy atom. The molecule has 2 unspecified atom stereocenters. The molecule has 0 aromatic carbocycles. The fourth-order valence-electron chi connectivity index (χ4n) is 3.03. The number of nitrogens with one attached hydrogen (secondary N) is 1. The van der Waals surface area contributed by atoms with Crippen LogP contribution in [0.5, 0.6) is 0 Å². The molecule has 20 heavy (non-hydrogen) atoms. The number of hydrogen-bond acceptors (Lipinski definition) is 4. The number of aryl methyl sites for hydroxylation is 1. The van der Waals surface area contributed by atoms with E-state index in [1.807, 2.05) is 11.3 Å². The van der Waals surface area contributed by atoms with Crippen LogP contribution < -0.4 is 10.2 Å². The van der Waals surface area contributed by atoms with Crippen molar-refractivity contribution in [1.29, 1.82) is 0 Å². The highest BCUT2D eigenvalue weighted by Crippen LogP contribution is 2.37. The van der Waals surface area contributed by atoms with Gasteiger partial charge in [-0.25, -0.2) is 4.98 Å². The predicted octanol–water partition coefficient (Wildman–Crippen LogP) is 4.00. The minimum Gasteiger partial charge on any atom is -0.348 e. The van der Waals surface area contributed by atoms with Crippen molar-refractivity contribution in [2.24, 2.45) is 5.92 Å². The molecular formula is C16H29N3S. The molecule has 0 fully saturated rings. The normalized spacial score (nSPS) is 20.0. The number of nitrogens with zero attached hydrogens (tertiary/aromatic N) is 2. The second-order valence-corrected chi connectivity index (χ2v) is 7.46. The molecule has 1 heterocycles. The topological polar surface area (TPSA) is 28.2 Å². The van der Waals surface area contributed by atoms with E-state index < -0.39 is 0 Å². The highest BCUT2D eigenvalue weighted by molar-refractivity contribution is 7.15. The van der Waals surface area contributed by atoms with Crippen LogP contribution >= 0.6 is 11.3 Å². The minimum absolute atomic E-state index is 0.475. The summed E-state index contributed by atoms with van der Waals surface area (Å²) < 4.78 is 0. The average Bonchev–Trinajstić information content (AvgIpc) is 2.82. The van der Waals surface area contributed by atoms with Gasteiger partial charge < -0.3 is 10.2 Å². The highest BCUT2D eigenvalue weighted by Gasteiger charge is 2.26. The first-order chi connectivity index (χ1) is 9.52. The van der Waals surface area contributed by atoms with Gasteiger partial charge in [0.25, 0.3) is 0 Å². The SMILES string of the molecule is CCNC1CCCc2sc(N(C)C(C)CC(C)C)nc21. The van der Waals surface area contributed by atoms with Crippen LogP contribution in [0.1, 0.15) is 63.6 Å². The first-order valence-electron chi connectivity index (χ1n) is 7.98. The summed E-state index contributed by atoms with van der Waals surface area (Å²) >= 11 is 1.90. The van der Waals surface area contributed by atoms with Crippen LogP contribution in [0.3, 0.4) is 0 Å². The standard InChI is InChI=1S/C16H29N3S/c1-6-17-13-8-7-9-14-15(13)18-16(20-14)19(5)12(4)10-11(2)3/h11-13,17H,6-10H2,1-5H3. The Balaban J connectivity index is 2.14. The molecule has 1 aromatic rings. The molecule has 0 amide bonds. The molecule has 2 rings (SSSR count). The largest absolute Gasteiger partial charge is 0.348 e. The van der Waals surface area contributed by atoms with Crippen LogP contribution in [0.2, 0.25) is 0 Å². The number of hydrogen-bond donors (Lipinski definition) is 1. The summed E-state index contributed by atoms with van der Waals surface area (Å²) in [6.45, 7) is 10.1. The molecule has 2 atom stereocenters. The Kier molecular flexibility index (Phi) is 5.44. The molecule has 1 aromatic heterocycles. The maximum absolute atomic E-state index is 4.96. The highest BCUT2D eigenvalue weighted by atomic mass is 32.1. The molecule has 0 bridgehead atoms. The van der Waals surface area contributed by atoms with E-state index >= 15 is 0 Å². The number of aromatic nitrogens is 1. The summed E-state index contributed by atoms with van der Waals surface area (Å²) in [5.74, 6) is 0.733. The maximum atomic E-state index is 4.96. The number of thiazole rings is 1. The van der Waals surface area contributed by atoms with Crippen molar-refractivity contribution in [2.45, 2.75) is 65.5 Å². The fourth-order valence-corrected chi connectivity index (χ4v) is 4.26. The summed E-state index contributed by atoms with van der Waals surface area (Å²) in [6, 6.07) is 1.03. The molecule has 0 spiro atoms. The van der Waals surface area contributed by atoms with Crippen LogP contribution in [0.4, 0.5) is 5.13 Å².